The third-order valence-electron chi connectivity index (χ3n) is 11.3. The third kappa shape index (κ3) is 4.03. The van der Waals surface area contributed by atoms with Crippen LogP contribution in [0.5, 0.6) is 0 Å². The second kappa shape index (κ2) is 10.9. The number of aromatic nitrogens is 1. The van der Waals surface area contributed by atoms with Gasteiger partial charge in [-0.15, -0.1) is 11.3 Å². The maximum atomic E-state index is 2.55. The summed E-state index contributed by atoms with van der Waals surface area (Å²) in [7, 11) is 0. The number of hydrogen-bond acceptors (Lipinski definition) is 2. The molecule has 0 aliphatic heterocycles. The zero-order valence-electron chi connectivity index (χ0n) is 28.6. The Kier molecular flexibility index (Phi) is 5.96. The normalized spacial score (nSPS) is 12.2. The summed E-state index contributed by atoms with van der Waals surface area (Å²) in [4.78, 5) is 2.55. The Morgan fingerprint density at radius 1 is 0.396 bits per heavy atom. The SMILES string of the molecule is c1ccc(-n2c3ccccc3c3cc(N(c4cccc5c4-c4c6ccccc6cc6cccc-5c46)c4cccc5sc6ccccc6c45)ccc32)cc1. The van der Waals surface area contributed by atoms with Gasteiger partial charge in [0.25, 0.3) is 0 Å². The van der Waals surface area contributed by atoms with Gasteiger partial charge in [0, 0.05) is 53.4 Å². The molecule has 0 saturated carbocycles. The maximum Gasteiger partial charge on any atom is 0.0555 e. The zero-order chi connectivity index (χ0) is 34.6. The van der Waals surface area contributed by atoms with E-state index in [-0.39, 0.29) is 0 Å². The van der Waals surface area contributed by atoms with Crippen molar-refractivity contribution in [1.29, 1.82) is 0 Å². The van der Waals surface area contributed by atoms with Gasteiger partial charge in [0.1, 0.15) is 0 Å². The molecule has 0 unspecified atom stereocenters. The Morgan fingerprint density at radius 3 is 2.00 bits per heavy atom. The molecule has 0 saturated heterocycles. The van der Waals surface area contributed by atoms with Crippen LogP contribution < -0.4 is 4.90 Å². The first kappa shape index (κ1) is 29.0. The quantitative estimate of drug-likeness (QED) is 0.167. The fourth-order valence-electron chi connectivity index (χ4n) is 9.13. The average molecular weight is 691 g/mol. The summed E-state index contributed by atoms with van der Waals surface area (Å²) in [5.41, 5.74) is 12.3. The summed E-state index contributed by atoms with van der Waals surface area (Å²) < 4.78 is 4.99. The molecule has 0 bridgehead atoms. The van der Waals surface area contributed by atoms with Gasteiger partial charge in [-0.2, -0.15) is 0 Å². The number of rotatable bonds is 4. The van der Waals surface area contributed by atoms with Crippen molar-refractivity contribution in [2.45, 2.75) is 0 Å². The van der Waals surface area contributed by atoms with Gasteiger partial charge in [-0.25, -0.2) is 0 Å². The van der Waals surface area contributed by atoms with Gasteiger partial charge in [0.2, 0.25) is 0 Å². The van der Waals surface area contributed by atoms with Gasteiger partial charge in [0.15, 0.2) is 0 Å². The number of nitrogens with zero attached hydrogens (tertiary/aromatic N) is 2. The van der Waals surface area contributed by atoms with E-state index in [1.54, 1.807) is 0 Å². The second-order valence-corrected chi connectivity index (χ2v) is 15.1. The maximum absolute atomic E-state index is 2.55. The topological polar surface area (TPSA) is 8.17 Å². The Hall–Kier alpha value is -6.68. The number of benzene rings is 9. The molecule has 0 radical (unpaired) electrons. The highest BCUT2D eigenvalue weighted by atomic mass is 32.1. The number of hydrogen-bond donors (Lipinski definition) is 0. The molecule has 53 heavy (non-hydrogen) atoms. The van der Waals surface area contributed by atoms with Crippen LogP contribution in [0.2, 0.25) is 0 Å². The molecule has 11 aromatic rings. The predicted molar refractivity (Wildman–Crippen MR) is 228 cm³/mol. The van der Waals surface area contributed by atoms with Gasteiger partial charge in [-0.05, 0) is 99.4 Å². The van der Waals surface area contributed by atoms with Gasteiger partial charge < -0.3 is 9.47 Å². The molecule has 0 N–H and O–H groups in total. The van der Waals surface area contributed by atoms with Crippen molar-refractivity contribution in [1.82, 2.24) is 4.57 Å². The predicted octanol–water partition coefficient (Wildman–Crippen LogP) is 14.6. The Morgan fingerprint density at radius 2 is 1.08 bits per heavy atom. The number of thiophene rings is 1. The molecular weight excluding hydrogens is 661 g/mol. The molecule has 9 aromatic carbocycles. The first-order valence-electron chi connectivity index (χ1n) is 18.2. The fraction of sp³-hybridized carbons (Fsp3) is 0. The van der Waals surface area contributed by atoms with E-state index in [2.05, 4.69) is 191 Å². The van der Waals surface area contributed by atoms with Crippen LogP contribution in [-0.4, -0.2) is 4.57 Å². The van der Waals surface area contributed by atoms with Crippen LogP contribution in [0.3, 0.4) is 0 Å². The lowest BCUT2D eigenvalue weighted by Gasteiger charge is -2.29. The van der Waals surface area contributed by atoms with E-state index in [4.69, 9.17) is 0 Å². The molecule has 246 valence electrons. The van der Waals surface area contributed by atoms with Crippen molar-refractivity contribution >= 4 is 91.9 Å². The van der Waals surface area contributed by atoms with Crippen LogP contribution in [0.1, 0.15) is 0 Å². The van der Waals surface area contributed by atoms with E-state index in [1.807, 2.05) is 11.3 Å². The van der Waals surface area contributed by atoms with Crippen molar-refractivity contribution in [3.63, 3.8) is 0 Å². The molecule has 0 amide bonds. The standard InChI is InChI=1S/C50H30N2S/c1-2-15-33(16-3-1)51-41-22-8-6-18-36(41)40-30-34(27-28-42(40)51)52(43-24-12-26-46-48(43)39-19-7-9-25-45(39)53-46)44-23-11-21-38-37-20-10-14-32-29-31-13-4-5-17-35(31)50(47(32)37)49(38)44/h1-30H. The molecule has 2 nitrogen and oxygen atoms in total. The third-order valence-corrected chi connectivity index (χ3v) is 12.4. The molecule has 12 rings (SSSR count). The molecular formula is C50H30N2S. The Balaban J connectivity index is 1.21. The summed E-state index contributed by atoms with van der Waals surface area (Å²) in [6.45, 7) is 0. The molecule has 0 spiro atoms. The minimum atomic E-state index is 1.14. The second-order valence-electron chi connectivity index (χ2n) is 14.0. The van der Waals surface area contributed by atoms with Crippen molar-refractivity contribution in [2.75, 3.05) is 4.90 Å². The molecule has 2 heterocycles. The molecule has 1 aliphatic carbocycles. The molecule has 1 aliphatic rings. The summed E-state index contributed by atoms with van der Waals surface area (Å²) in [5.74, 6) is 0. The van der Waals surface area contributed by atoms with Crippen LogP contribution in [0.15, 0.2) is 182 Å². The highest BCUT2D eigenvalue weighted by molar-refractivity contribution is 7.26. The summed E-state index contributed by atoms with van der Waals surface area (Å²) in [6.07, 6.45) is 0. The van der Waals surface area contributed by atoms with E-state index in [0.717, 1.165) is 11.4 Å². The van der Waals surface area contributed by atoms with Crippen molar-refractivity contribution in [3.8, 4) is 27.9 Å². The number of anilines is 3. The average Bonchev–Trinajstić information content (AvgIpc) is 3.88. The lowest BCUT2D eigenvalue weighted by Crippen LogP contribution is -2.11. The Bertz CT molecular complexity index is 3290. The van der Waals surface area contributed by atoms with E-state index in [0.29, 0.717) is 0 Å². The zero-order valence-corrected chi connectivity index (χ0v) is 29.4. The van der Waals surface area contributed by atoms with Gasteiger partial charge in [-0.1, -0.05) is 115 Å². The highest BCUT2D eigenvalue weighted by Crippen LogP contribution is 2.56. The van der Waals surface area contributed by atoms with Gasteiger partial charge in [0.05, 0.1) is 22.4 Å². The summed E-state index contributed by atoms with van der Waals surface area (Å²) in [6, 6.07) is 67.2. The molecule has 0 fully saturated rings. The summed E-state index contributed by atoms with van der Waals surface area (Å²) >= 11 is 1.87. The van der Waals surface area contributed by atoms with E-state index < -0.39 is 0 Å². The smallest absolute Gasteiger partial charge is 0.0555 e. The summed E-state index contributed by atoms with van der Waals surface area (Å²) in [5, 5.41) is 10.2. The minimum Gasteiger partial charge on any atom is -0.309 e. The highest BCUT2D eigenvalue weighted by Gasteiger charge is 2.30. The van der Waals surface area contributed by atoms with Crippen LogP contribution >= 0.6 is 11.3 Å². The first-order chi connectivity index (χ1) is 26.3. The molecule has 0 atom stereocenters. The van der Waals surface area contributed by atoms with Gasteiger partial charge >= 0.3 is 0 Å². The fourth-order valence-corrected chi connectivity index (χ4v) is 10.3. The van der Waals surface area contributed by atoms with E-state index >= 15 is 0 Å². The van der Waals surface area contributed by atoms with Crippen LogP contribution in [0.4, 0.5) is 17.1 Å². The lowest BCUT2D eigenvalue weighted by molar-refractivity contribution is 1.18. The monoisotopic (exact) mass is 690 g/mol. The molecule has 2 aromatic heterocycles. The number of fused-ring (bicyclic) bond motifs is 11. The Labute approximate surface area is 310 Å². The first-order valence-corrected chi connectivity index (χ1v) is 19.0. The minimum absolute atomic E-state index is 1.14. The van der Waals surface area contributed by atoms with Crippen molar-refractivity contribution < 1.29 is 0 Å². The lowest BCUT2D eigenvalue weighted by atomic mass is 9.94. The van der Waals surface area contributed by atoms with Crippen LogP contribution in [0.25, 0.3) is 91.5 Å². The van der Waals surface area contributed by atoms with E-state index in [9.17, 15) is 0 Å². The van der Waals surface area contributed by atoms with Gasteiger partial charge in [-0.3, -0.25) is 0 Å². The van der Waals surface area contributed by atoms with Crippen molar-refractivity contribution in [3.05, 3.63) is 182 Å². The van der Waals surface area contributed by atoms with Crippen molar-refractivity contribution in [2.24, 2.45) is 0 Å². The van der Waals surface area contributed by atoms with Crippen LogP contribution in [-0.2, 0) is 0 Å². The largest absolute Gasteiger partial charge is 0.309 e. The van der Waals surface area contributed by atoms with E-state index in [1.165, 1.54) is 97.2 Å². The number of para-hydroxylation sites is 2. The molecule has 3 heteroatoms. The van der Waals surface area contributed by atoms with Crippen LogP contribution in [0, 0.1) is 0 Å².